The van der Waals surface area contributed by atoms with Gasteiger partial charge in [-0.05, 0) is 42.8 Å². The minimum absolute atomic E-state index is 0.595. The Balaban J connectivity index is 2.07. The third kappa shape index (κ3) is 2.19. The number of H-pyrrole nitrogens is 1. The van der Waals surface area contributed by atoms with Crippen LogP contribution in [0.25, 0.3) is 32.9 Å². The molecule has 4 rings (SSSR count). The highest BCUT2D eigenvalue weighted by Gasteiger charge is 2.14. The number of benzene rings is 2. The van der Waals surface area contributed by atoms with E-state index in [1.807, 2.05) is 49.5 Å². The number of methoxy groups -OCH3 is 1. The van der Waals surface area contributed by atoms with Crippen LogP contribution in [0.1, 0.15) is 5.69 Å². The first kappa shape index (κ1) is 14.8. The number of anilines is 1. The van der Waals surface area contributed by atoms with E-state index in [1.54, 1.807) is 7.11 Å². The molecule has 2 aromatic heterocycles. The van der Waals surface area contributed by atoms with Gasteiger partial charge < -0.3 is 15.5 Å². The summed E-state index contributed by atoms with van der Waals surface area (Å²) in [6.45, 7) is 1.99. The van der Waals surface area contributed by atoms with Gasteiger partial charge in [0.1, 0.15) is 5.75 Å². The minimum atomic E-state index is 0.595. The number of nitrogens with zero attached hydrogens (tertiary/aromatic N) is 1. The lowest BCUT2D eigenvalue weighted by atomic mass is 10.0. The molecule has 0 spiro atoms. The lowest BCUT2D eigenvalue weighted by molar-refractivity contribution is 0.417. The number of hydrogen-bond acceptors (Lipinski definition) is 3. The van der Waals surface area contributed by atoms with Crippen molar-refractivity contribution < 1.29 is 4.74 Å². The van der Waals surface area contributed by atoms with Crippen LogP contribution in [0.4, 0.5) is 5.69 Å². The molecule has 0 aliphatic carbocycles. The highest BCUT2D eigenvalue weighted by atomic mass is 35.5. The summed E-state index contributed by atoms with van der Waals surface area (Å²) < 4.78 is 5.24. The molecule has 120 valence electrons. The number of nitrogens with one attached hydrogen (secondary N) is 1. The van der Waals surface area contributed by atoms with E-state index in [0.29, 0.717) is 16.5 Å². The Kier molecular flexibility index (Phi) is 3.36. The molecule has 2 aromatic carbocycles. The monoisotopic (exact) mass is 337 g/mol. The minimum Gasteiger partial charge on any atom is -0.495 e. The Hall–Kier alpha value is -2.72. The van der Waals surface area contributed by atoms with Crippen LogP contribution in [0.2, 0.25) is 5.02 Å². The number of hydrogen-bond donors (Lipinski definition) is 2. The van der Waals surface area contributed by atoms with Crippen LogP contribution in [0.15, 0.2) is 42.6 Å². The van der Waals surface area contributed by atoms with Crippen LogP contribution in [-0.2, 0) is 0 Å². The first-order valence-electron chi connectivity index (χ1n) is 7.59. The van der Waals surface area contributed by atoms with Crippen molar-refractivity contribution in [3.63, 3.8) is 0 Å². The molecular formula is C19H16ClN3O. The van der Waals surface area contributed by atoms with E-state index >= 15 is 0 Å². The van der Waals surface area contributed by atoms with Crippen LogP contribution in [0.3, 0.4) is 0 Å². The maximum Gasteiger partial charge on any atom is 0.141 e. The Morgan fingerprint density at radius 1 is 1.08 bits per heavy atom. The molecule has 5 heteroatoms. The highest BCUT2D eigenvalue weighted by molar-refractivity contribution is 6.32. The van der Waals surface area contributed by atoms with E-state index in [-0.39, 0.29) is 0 Å². The summed E-state index contributed by atoms with van der Waals surface area (Å²) in [6, 6.07) is 11.7. The molecule has 3 N–H and O–H groups in total. The van der Waals surface area contributed by atoms with Gasteiger partial charge >= 0.3 is 0 Å². The van der Waals surface area contributed by atoms with E-state index in [4.69, 9.17) is 22.1 Å². The molecule has 0 fully saturated rings. The number of rotatable bonds is 2. The molecule has 0 aliphatic rings. The largest absolute Gasteiger partial charge is 0.495 e. The Morgan fingerprint density at radius 3 is 2.67 bits per heavy atom. The average molecular weight is 338 g/mol. The van der Waals surface area contributed by atoms with Gasteiger partial charge in [0.05, 0.1) is 29.5 Å². The van der Waals surface area contributed by atoms with Gasteiger partial charge in [-0.25, -0.2) is 0 Å². The Morgan fingerprint density at radius 2 is 1.92 bits per heavy atom. The maximum absolute atomic E-state index is 6.38. The van der Waals surface area contributed by atoms with Gasteiger partial charge in [-0.2, -0.15) is 0 Å². The molecular weight excluding hydrogens is 322 g/mol. The first-order valence-corrected chi connectivity index (χ1v) is 7.96. The SMILES string of the molecule is COc1ccc(-c2cc(Cl)cc3c2[nH]c2c(C)nccc23)cc1N. The predicted molar refractivity (Wildman–Crippen MR) is 99.7 cm³/mol. The summed E-state index contributed by atoms with van der Waals surface area (Å²) in [6.07, 6.45) is 1.82. The molecule has 0 atom stereocenters. The van der Waals surface area contributed by atoms with Crippen molar-refractivity contribution in [3.8, 4) is 16.9 Å². The molecule has 4 aromatic rings. The number of aromatic amines is 1. The third-order valence-electron chi connectivity index (χ3n) is 4.32. The molecule has 0 saturated heterocycles. The van der Waals surface area contributed by atoms with Crippen molar-refractivity contribution in [1.82, 2.24) is 9.97 Å². The van der Waals surface area contributed by atoms with E-state index < -0.39 is 0 Å². The normalized spacial score (nSPS) is 11.3. The number of nitrogen functional groups attached to an aromatic ring is 1. The standard InChI is InChI=1S/C19H16ClN3O/c1-10-18-13(5-6-22-10)15-9-12(20)8-14(19(15)23-18)11-3-4-17(24-2)16(21)7-11/h3-9,23H,21H2,1-2H3. The summed E-state index contributed by atoms with van der Waals surface area (Å²) in [5, 5.41) is 2.87. The molecule has 0 radical (unpaired) electrons. The van der Waals surface area contributed by atoms with Crippen molar-refractivity contribution in [2.45, 2.75) is 6.92 Å². The van der Waals surface area contributed by atoms with Crippen molar-refractivity contribution in [2.24, 2.45) is 0 Å². The molecule has 0 aliphatic heterocycles. The fourth-order valence-corrected chi connectivity index (χ4v) is 3.38. The van der Waals surface area contributed by atoms with Crippen molar-refractivity contribution in [1.29, 1.82) is 0 Å². The van der Waals surface area contributed by atoms with E-state index in [9.17, 15) is 0 Å². The predicted octanol–water partition coefficient (Wildman–Crippen LogP) is 4.94. The highest BCUT2D eigenvalue weighted by Crippen LogP contribution is 2.38. The molecule has 0 saturated carbocycles. The van der Waals surface area contributed by atoms with Crippen LogP contribution in [0, 0.1) is 6.92 Å². The first-order chi connectivity index (χ1) is 11.6. The van der Waals surface area contributed by atoms with E-state index in [1.165, 1.54) is 0 Å². The van der Waals surface area contributed by atoms with Gasteiger partial charge in [-0.1, -0.05) is 17.7 Å². The molecule has 0 amide bonds. The zero-order valence-electron chi connectivity index (χ0n) is 13.4. The zero-order valence-corrected chi connectivity index (χ0v) is 14.1. The number of ether oxygens (including phenoxy) is 1. The lowest BCUT2D eigenvalue weighted by Gasteiger charge is -2.09. The molecule has 0 bridgehead atoms. The van der Waals surface area contributed by atoms with Crippen LogP contribution in [0.5, 0.6) is 5.75 Å². The fourth-order valence-electron chi connectivity index (χ4n) is 3.16. The summed E-state index contributed by atoms with van der Waals surface area (Å²) in [5.74, 6) is 0.661. The molecule has 2 heterocycles. The Labute approximate surface area is 144 Å². The van der Waals surface area contributed by atoms with Crippen molar-refractivity contribution in [3.05, 3.63) is 53.3 Å². The van der Waals surface area contributed by atoms with Gasteiger partial charge in [-0.3, -0.25) is 4.98 Å². The van der Waals surface area contributed by atoms with Crippen LogP contribution < -0.4 is 10.5 Å². The smallest absolute Gasteiger partial charge is 0.141 e. The molecule has 0 unspecified atom stereocenters. The van der Waals surface area contributed by atoms with Crippen molar-refractivity contribution >= 4 is 39.1 Å². The van der Waals surface area contributed by atoms with Crippen LogP contribution >= 0.6 is 11.6 Å². The second-order valence-corrected chi connectivity index (χ2v) is 6.21. The van der Waals surface area contributed by atoms with Gasteiger partial charge in [-0.15, -0.1) is 0 Å². The van der Waals surface area contributed by atoms with E-state index in [2.05, 4.69) is 9.97 Å². The van der Waals surface area contributed by atoms with Gasteiger partial charge in [0.15, 0.2) is 0 Å². The third-order valence-corrected chi connectivity index (χ3v) is 4.54. The van der Waals surface area contributed by atoms with Gasteiger partial charge in [0, 0.05) is 27.6 Å². The summed E-state index contributed by atoms with van der Waals surface area (Å²) in [4.78, 5) is 7.86. The van der Waals surface area contributed by atoms with Crippen LogP contribution in [-0.4, -0.2) is 17.1 Å². The van der Waals surface area contributed by atoms with Crippen molar-refractivity contribution in [2.75, 3.05) is 12.8 Å². The second kappa shape index (κ2) is 5.42. The second-order valence-electron chi connectivity index (χ2n) is 5.78. The number of halogens is 1. The average Bonchev–Trinajstić information content (AvgIpc) is 2.94. The maximum atomic E-state index is 6.38. The number of aryl methyl sites for hydroxylation is 1. The number of pyridine rings is 1. The Bertz CT molecular complexity index is 1090. The number of nitrogens with two attached hydrogens (primary N) is 1. The quantitative estimate of drug-likeness (QED) is 0.509. The molecule has 4 nitrogen and oxygen atoms in total. The number of aromatic nitrogens is 2. The van der Waals surface area contributed by atoms with Gasteiger partial charge in [0.25, 0.3) is 0 Å². The summed E-state index contributed by atoms with van der Waals surface area (Å²) in [7, 11) is 1.61. The van der Waals surface area contributed by atoms with Gasteiger partial charge in [0.2, 0.25) is 0 Å². The van der Waals surface area contributed by atoms with E-state index in [0.717, 1.165) is 38.6 Å². The topological polar surface area (TPSA) is 63.9 Å². The number of fused-ring (bicyclic) bond motifs is 3. The fraction of sp³-hybridized carbons (Fsp3) is 0.105. The molecule has 24 heavy (non-hydrogen) atoms. The lowest BCUT2D eigenvalue weighted by Crippen LogP contribution is -1.92. The summed E-state index contributed by atoms with van der Waals surface area (Å²) >= 11 is 6.38. The zero-order chi connectivity index (χ0) is 16.8. The summed E-state index contributed by atoms with van der Waals surface area (Å²) in [5.41, 5.74) is 11.7.